The molecule has 1 fully saturated rings. The van der Waals surface area contributed by atoms with Crippen molar-refractivity contribution < 1.29 is 8.42 Å². The summed E-state index contributed by atoms with van der Waals surface area (Å²) in [7, 11) is -3.50. The fraction of sp³-hybridized carbons (Fsp3) is 0.571. The Bertz CT molecular complexity index is 579. The molecule has 1 aromatic rings. The van der Waals surface area contributed by atoms with Gasteiger partial charge in [-0.15, -0.1) is 0 Å². The van der Waals surface area contributed by atoms with Crippen LogP contribution in [0.15, 0.2) is 23.2 Å². The smallest absolute Gasteiger partial charge is 0.242 e. The Balaban J connectivity index is 1.84. The lowest BCUT2D eigenvalue weighted by Crippen LogP contribution is -2.25. The average Bonchev–Trinajstić information content (AvgIpc) is 2.97. The van der Waals surface area contributed by atoms with Gasteiger partial charge in [-0.25, -0.2) is 13.1 Å². The number of nitrogens with one attached hydrogen (secondary N) is 1. The number of nitrogens with two attached hydrogens (primary N) is 1. The maximum atomic E-state index is 12.1. The maximum absolute atomic E-state index is 12.1. The second-order valence-electron chi connectivity index (χ2n) is 5.43. The van der Waals surface area contributed by atoms with E-state index in [2.05, 4.69) is 9.71 Å². The maximum Gasteiger partial charge on any atom is 0.242 e. The first kappa shape index (κ1) is 16.3. The molecule has 0 atom stereocenters. The molecule has 7 heteroatoms. The Hall–Kier alpha value is -1.05. The van der Waals surface area contributed by atoms with E-state index in [-0.39, 0.29) is 9.88 Å². The van der Waals surface area contributed by atoms with Gasteiger partial charge in [0.15, 0.2) is 0 Å². The Labute approximate surface area is 131 Å². The Morgan fingerprint density at radius 3 is 2.67 bits per heavy atom. The van der Waals surface area contributed by atoms with Crippen LogP contribution in [0.4, 0.5) is 0 Å². The quantitative estimate of drug-likeness (QED) is 0.591. The van der Waals surface area contributed by atoms with E-state index in [4.69, 9.17) is 18.0 Å². The molecule has 1 aromatic heterocycles. The number of hydrogen-bond donors (Lipinski definition) is 2. The third-order valence-corrected chi connectivity index (χ3v) is 5.51. The topological polar surface area (TPSA) is 85.1 Å². The zero-order chi connectivity index (χ0) is 15.3. The Kier molecular flexibility index (Phi) is 5.66. The summed E-state index contributed by atoms with van der Waals surface area (Å²) in [5.74, 6) is 0.779. The highest BCUT2D eigenvalue weighted by Gasteiger charge is 2.16. The van der Waals surface area contributed by atoms with Gasteiger partial charge in [0.2, 0.25) is 10.0 Å². The minimum Gasteiger partial charge on any atom is -0.388 e. The van der Waals surface area contributed by atoms with Crippen molar-refractivity contribution in [1.82, 2.24) is 9.71 Å². The van der Waals surface area contributed by atoms with E-state index in [1.807, 2.05) is 0 Å². The largest absolute Gasteiger partial charge is 0.388 e. The fourth-order valence-electron chi connectivity index (χ4n) is 2.66. The standard InChI is InChI=1S/C14H21N3O2S2/c15-14(20)13-8-7-12(10-16-13)21(18,19)17-9-3-6-11-4-1-2-5-11/h7-8,10-11,17H,1-6,9H2,(H2,15,20). The highest BCUT2D eigenvalue weighted by molar-refractivity contribution is 7.89. The minimum absolute atomic E-state index is 0.142. The predicted octanol–water partition coefficient (Wildman–Crippen LogP) is 1.96. The highest BCUT2D eigenvalue weighted by atomic mass is 32.2. The molecule has 0 aromatic carbocycles. The van der Waals surface area contributed by atoms with E-state index in [0.29, 0.717) is 12.2 Å². The van der Waals surface area contributed by atoms with Gasteiger partial charge in [-0.2, -0.15) is 0 Å². The first-order valence-electron chi connectivity index (χ1n) is 7.24. The van der Waals surface area contributed by atoms with Crippen LogP contribution in [0.5, 0.6) is 0 Å². The van der Waals surface area contributed by atoms with E-state index in [1.54, 1.807) is 0 Å². The van der Waals surface area contributed by atoms with Crippen LogP contribution in [0.2, 0.25) is 0 Å². The predicted molar refractivity (Wildman–Crippen MR) is 86.5 cm³/mol. The minimum atomic E-state index is -3.50. The summed E-state index contributed by atoms with van der Waals surface area (Å²) in [5, 5.41) is 0. The van der Waals surface area contributed by atoms with Gasteiger partial charge in [0.25, 0.3) is 0 Å². The van der Waals surface area contributed by atoms with Gasteiger partial charge < -0.3 is 5.73 Å². The molecule has 1 heterocycles. The summed E-state index contributed by atoms with van der Waals surface area (Å²) in [6.45, 7) is 0.468. The van der Waals surface area contributed by atoms with Gasteiger partial charge >= 0.3 is 0 Å². The summed E-state index contributed by atoms with van der Waals surface area (Å²) >= 11 is 4.79. The number of aromatic nitrogens is 1. The van der Waals surface area contributed by atoms with Gasteiger partial charge in [-0.1, -0.05) is 37.9 Å². The second kappa shape index (κ2) is 7.29. The molecule has 5 nitrogen and oxygen atoms in total. The summed E-state index contributed by atoms with van der Waals surface area (Å²) in [4.78, 5) is 4.25. The van der Waals surface area contributed by atoms with Crippen LogP contribution < -0.4 is 10.5 Å². The van der Waals surface area contributed by atoms with Crippen LogP contribution in [0.1, 0.15) is 44.2 Å². The van der Waals surface area contributed by atoms with E-state index in [1.165, 1.54) is 44.0 Å². The Morgan fingerprint density at radius 2 is 2.10 bits per heavy atom. The van der Waals surface area contributed by atoms with Crippen LogP contribution in [0.25, 0.3) is 0 Å². The summed E-state index contributed by atoms with van der Waals surface area (Å²) in [6, 6.07) is 3.00. The van der Waals surface area contributed by atoms with Gasteiger partial charge in [-0.3, -0.25) is 4.98 Å². The van der Waals surface area contributed by atoms with Crippen molar-refractivity contribution in [2.75, 3.05) is 6.54 Å². The number of hydrogen-bond acceptors (Lipinski definition) is 4. The lowest BCUT2D eigenvalue weighted by Gasteiger charge is -2.10. The molecule has 3 N–H and O–H groups in total. The van der Waals surface area contributed by atoms with Crippen LogP contribution >= 0.6 is 12.2 Å². The SMILES string of the molecule is NC(=S)c1ccc(S(=O)(=O)NCCCC2CCCC2)cn1. The molecular weight excluding hydrogens is 306 g/mol. The van der Waals surface area contributed by atoms with Gasteiger partial charge in [0.05, 0.1) is 5.69 Å². The van der Waals surface area contributed by atoms with Gasteiger partial charge in [-0.05, 0) is 30.9 Å². The second-order valence-corrected chi connectivity index (χ2v) is 7.64. The molecule has 0 aliphatic heterocycles. The van der Waals surface area contributed by atoms with E-state index in [9.17, 15) is 8.42 Å². The molecule has 1 saturated carbocycles. The van der Waals surface area contributed by atoms with Crippen molar-refractivity contribution >= 4 is 27.2 Å². The first-order chi connectivity index (χ1) is 9.99. The summed E-state index contributed by atoms with van der Waals surface area (Å²) < 4.78 is 26.8. The number of rotatable bonds is 7. The van der Waals surface area contributed by atoms with Crippen molar-refractivity contribution in [3.8, 4) is 0 Å². The molecule has 21 heavy (non-hydrogen) atoms. The molecule has 116 valence electrons. The zero-order valence-electron chi connectivity index (χ0n) is 11.9. The molecule has 0 amide bonds. The molecule has 0 unspecified atom stereocenters. The third-order valence-electron chi connectivity index (χ3n) is 3.86. The molecule has 0 bridgehead atoms. The van der Waals surface area contributed by atoms with E-state index < -0.39 is 10.0 Å². The highest BCUT2D eigenvalue weighted by Crippen LogP contribution is 2.28. The van der Waals surface area contributed by atoms with E-state index in [0.717, 1.165) is 18.8 Å². The Morgan fingerprint density at radius 1 is 1.38 bits per heavy atom. The summed E-state index contributed by atoms with van der Waals surface area (Å²) in [5.41, 5.74) is 5.86. The lowest BCUT2D eigenvalue weighted by atomic mass is 10.0. The molecule has 0 saturated heterocycles. The number of pyridine rings is 1. The van der Waals surface area contributed by atoms with Crippen molar-refractivity contribution in [2.45, 2.75) is 43.4 Å². The van der Waals surface area contributed by atoms with Crippen LogP contribution in [0.3, 0.4) is 0 Å². The molecule has 0 radical (unpaired) electrons. The average molecular weight is 327 g/mol. The number of sulfonamides is 1. The number of thiocarbonyl (C=S) groups is 1. The van der Waals surface area contributed by atoms with Gasteiger partial charge in [0, 0.05) is 12.7 Å². The first-order valence-corrected chi connectivity index (χ1v) is 9.14. The monoisotopic (exact) mass is 327 g/mol. The molecule has 1 aliphatic carbocycles. The van der Waals surface area contributed by atoms with Crippen LogP contribution in [-0.2, 0) is 10.0 Å². The van der Waals surface area contributed by atoms with Crippen LogP contribution in [0, 0.1) is 5.92 Å². The van der Waals surface area contributed by atoms with Crippen molar-refractivity contribution in [3.63, 3.8) is 0 Å². The van der Waals surface area contributed by atoms with Crippen molar-refractivity contribution in [1.29, 1.82) is 0 Å². The lowest BCUT2D eigenvalue weighted by molar-refractivity contribution is 0.480. The molecule has 0 spiro atoms. The zero-order valence-corrected chi connectivity index (χ0v) is 13.5. The molecule has 1 aliphatic rings. The molecule has 2 rings (SSSR count). The number of nitrogens with zero attached hydrogens (tertiary/aromatic N) is 1. The third kappa shape index (κ3) is 4.72. The molecular formula is C14H21N3O2S2. The van der Waals surface area contributed by atoms with Gasteiger partial charge in [0.1, 0.15) is 9.88 Å². The fourth-order valence-corrected chi connectivity index (χ4v) is 3.80. The normalized spacial score (nSPS) is 16.2. The van der Waals surface area contributed by atoms with E-state index >= 15 is 0 Å². The van der Waals surface area contributed by atoms with Crippen LogP contribution in [-0.4, -0.2) is 24.9 Å². The van der Waals surface area contributed by atoms with Crippen molar-refractivity contribution in [3.05, 3.63) is 24.0 Å². The van der Waals surface area contributed by atoms with Crippen molar-refractivity contribution in [2.24, 2.45) is 11.7 Å². The summed E-state index contributed by atoms with van der Waals surface area (Å²) in [6.07, 6.45) is 8.47.